The topological polar surface area (TPSA) is 99.2 Å². The van der Waals surface area contributed by atoms with Gasteiger partial charge in [-0.1, -0.05) is 0 Å². The molecular weight excluding hydrogens is 236 g/mol. The SMILES string of the molecule is CCOC(=O)C(C)NC(=O)c1nn(CC)cc1N. The Hall–Kier alpha value is -2.05. The summed E-state index contributed by atoms with van der Waals surface area (Å²) in [5.41, 5.74) is 6.07. The summed E-state index contributed by atoms with van der Waals surface area (Å²) < 4.78 is 6.34. The zero-order valence-corrected chi connectivity index (χ0v) is 10.8. The summed E-state index contributed by atoms with van der Waals surface area (Å²) in [7, 11) is 0. The van der Waals surface area contributed by atoms with Crippen molar-refractivity contribution in [1.29, 1.82) is 0 Å². The van der Waals surface area contributed by atoms with Crippen molar-refractivity contribution in [1.82, 2.24) is 15.1 Å². The first-order valence-corrected chi connectivity index (χ1v) is 5.80. The molecule has 0 aliphatic heterocycles. The molecule has 1 heterocycles. The molecule has 0 aliphatic carbocycles. The van der Waals surface area contributed by atoms with E-state index in [-0.39, 0.29) is 18.0 Å². The minimum absolute atomic E-state index is 0.119. The van der Waals surface area contributed by atoms with Crippen molar-refractivity contribution in [3.63, 3.8) is 0 Å². The Bertz CT molecular complexity index is 441. The van der Waals surface area contributed by atoms with Crippen LogP contribution in [0.2, 0.25) is 0 Å². The Morgan fingerprint density at radius 1 is 1.56 bits per heavy atom. The molecule has 1 rings (SSSR count). The largest absolute Gasteiger partial charge is 0.464 e. The molecule has 0 bridgehead atoms. The van der Waals surface area contributed by atoms with Crippen LogP contribution >= 0.6 is 0 Å². The smallest absolute Gasteiger partial charge is 0.328 e. The van der Waals surface area contributed by atoms with E-state index < -0.39 is 17.9 Å². The van der Waals surface area contributed by atoms with Crippen LogP contribution in [0.4, 0.5) is 5.69 Å². The molecule has 100 valence electrons. The van der Waals surface area contributed by atoms with Crippen molar-refractivity contribution < 1.29 is 14.3 Å². The van der Waals surface area contributed by atoms with E-state index in [1.807, 2.05) is 6.92 Å². The summed E-state index contributed by atoms with van der Waals surface area (Å²) in [6.07, 6.45) is 1.57. The molecule has 0 spiro atoms. The number of aromatic nitrogens is 2. The molecule has 7 heteroatoms. The number of rotatable bonds is 5. The molecule has 1 aromatic rings. The fourth-order valence-electron chi connectivity index (χ4n) is 1.37. The third-order valence-corrected chi connectivity index (χ3v) is 2.32. The van der Waals surface area contributed by atoms with Gasteiger partial charge in [-0.05, 0) is 20.8 Å². The van der Waals surface area contributed by atoms with E-state index in [4.69, 9.17) is 10.5 Å². The zero-order chi connectivity index (χ0) is 13.7. The molecule has 1 unspecified atom stereocenters. The summed E-state index contributed by atoms with van der Waals surface area (Å²) >= 11 is 0. The Morgan fingerprint density at radius 3 is 2.72 bits per heavy atom. The molecule has 0 saturated carbocycles. The number of anilines is 1. The average molecular weight is 254 g/mol. The van der Waals surface area contributed by atoms with Crippen LogP contribution in [0.3, 0.4) is 0 Å². The van der Waals surface area contributed by atoms with Gasteiger partial charge in [0.25, 0.3) is 5.91 Å². The third-order valence-electron chi connectivity index (χ3n) is 2.32. The van der Waals surface area contributed by atoms with Crippen LogP contribution in [0, 0.1) is 0 Å². The van der Waals surface area contributed by atoms with E-state index >= 15 is 0 Å². The molecule has 7 nitrogen and oxygen atoms in total. The minimum Gasteiger partial charge on any atom is -0.464 e. The van der Waals surface area contributed by atoms with Crippen LogP contribution in [0.5, 0.6) is 0 Å². The predicted molar refractivity (Wildman–Crippen MR) is 65.9 cm³/mol. The molecule has 0 saturated heterocycles. The van der Waals surface area contributed by atoms with Gasteiger partial charge in [0, 0.05) is 12.7 Å². The van der Waals surface area contributed by atoms with Crippen molar-refractivity contribution in [3.05, 3.63) is 11.9 Å². The molecule has 0 aromatic carbocycles. The molecule has 1 amide bonds. The van der Waals surface area contributed by atoms with Crippen molar-refractivity contribution in [2.75, 3.05) is 12.3 Å². The first-order chi connectivity index (χ1) is 8.49. The van der Waals surface area contributed by atoms with Crippen LogP contribution in [-0.2, 0) is 16.1 Å². The molecule has 1 aromatic heterocycles. The Labute approximate surface area is 105 Å². The number of aryl methyl sites for hydroxylation is 1. The number of hydrogen-bond donors (Lipinski definition) is 2. The van der Waals surface area contributed by atoms with E-state index in [1.54, 1.807) is 24.7 Å². The molecule has 1 atom stereocenters. The van der Waals surface area contributed by atoms with Crippen LogP contribution < -0.4 is 11.1 Å². The van der Waals surface area contributed by atoms with Gasteiger partial charge in [0.2, 0.25) is 0 Å². The Kier molecular flexibility index (Phi) is 4.70. The predicted octanol–water partition coefficient (Wildman–Crippen LogP) is 0.167. The highest BCUT2D eigenvalue weighted by molar-refractivity contribution is 5.99. The standard InChI is InChI=1S/C11H18N4O3/c1-4-15-6-8(12)9(14-15)10(16)13-7(3)11(17)18-5-2/h6-7H,4-5,12H2,1-3H3,(H,13,16). The number of nitrogen functional groups attached to an aromatic ring is 1. The zero-order valence-electron chi connectivity index (χ0n) is 10.8. The number of nitrogens with one attached hydrogen (secondary N) is 1. The lowest BCUT2D eigenvalue weighted by Crippen LogP contribution is -2.40. The van der Waals surface area contributed by atoms with Gasteiger partial charge >= 0.3 is 5.97 Å². The lowest BCUT2D eigenvalue weighted by atomic mass is 10.3. The fourth-order valence-corrected chi connectivity index (χ4v) is 1.37. The fraction of sp³-hybridized carbons (Fsp3) is 0.545. The second-order valence-corrected chi connectivity index (χ2v) is 3.74. The Morgan fingerprint density at radius 2 is 2.22 bits per heavy atom. The quantitative estimate of drug-likeness (QED) is 0.729. The van der Waals surface area contributed by atoms with Crippen molar-refractivity contribution in [2.24, 2.45) is 0 Å². The molecule has 0 radical (unpaired) electrons. The van der Waals surface area contributed by atoms with Crippen LogP contribution in [0.15, 0.2) is 6.20 Å². The number of ether oxygens (including phenoxy) is 1. The first kappa shape index (κ1) is 14.0. The number of amides is 1. The summed E-state index contributed by atoms with van der Waals surface area (Å²) in [5.74, 6) is -0.973. The van der Waals surface area contributed by atoms with Gasteiger partial charge in [0.1, 0.15) is 6.04 Å². The highest BCUT2D eigenvalue weighted by atomic mass is 16.5. The summed E-state index contributed by atoms with van der Waals surface area (Å²) in [6, 6.07) is -0.733. The van der Waals surface area contributed by atoms with E-state index in [0.717, 1.165) is 0 Å². The number of esters is 1. The molecule has 18 heavy (non-hydrogen) atoms. The lowest BCUT2D eigenvalue weighted by molar-refractivity contribution is -0.144. The molecule has 0 aliphatic rings. The highest BCUT2D eigenvalue weighted by Crippen LogP contribution is 2.09. The van der Waals surface area contributed by atoms with Crippen LogP contribution in [0.25, 0.3) is 0 Å². The maximum atomic E-state index is 11.8. The average Bonchev–Trinajstić information content (AvgIpc) is 2.70. The lowest BCUT2D eigenvalue weighted by Gasteiger charge is -2.11. The summed E-state index contributed by atoms with van der Waals surface area (Å²) in [4.78, 5) is 23.2. The normalized spacial score (nSPS) is 11.9. The van der Waals surface area contributed by atoms with E-state index in [2.05, 4.69) is 10.4 Å². The number of hydrogen-bond acceptors (Lipinski definition) is 5. The number of nitrogens with two attached hydrogens (primary N) is 1. The number of nitrogens with zero attached hydrogens (tertiary/aromatic N) is 2. The van der Waals surface area contributed by atoms with Gasteiger partial charge in [-0.15, -0.1) is 0 Å². The second-order valence-electron chi connectivity index (χ2n) is 3.74. The number of carbonyl (C=O) groups excluding carboxylic acids is 2. The van der Waals surface area contributed by atoms with Gasteiger partial charge in [0.05, 0.1) is 12.3 Å². The van der Waals surface area contributed by atoms with Crippen molar-refractivity contribution in [3.8, 4) is 0 Å². The van der Waals surface area contributed by atoms with Gasteiger partial charge in [0.15, 0.2) is 5.69 Å². The maximum Gasteiger partial charge on any atom is 0.328 e. The minimum atomic E-state index is -0.733. The van der Waals surface area contributed by atoms with Crippen molar-refractivity contribution >= 4 is 17.6 Å². The Balaban J connectivity index is 2.70. The summed E-state index contributed by atoms with van der Waals surface area (Å²) in [5, 5.41) is 6.50. The van der Waals surface area contributed by atoms with Gasteiger partial charge in [-0.2, -0.15) is 5.10 Å². The molecular formula is C11H18N4O3. The van der Waals surface area contributed by atoms with Gasteiger partial charge in [-0.3, -0.25) is 9.48 Å². The van der Waals surface area contributed by atoms with Gasteiger partial charge in [-0.25, -0.2) is 4.79 Å². The van der Waals surface area contributed by atoms with Crippen LogP contribution in [-0.4, -0.2) is 34.3 Å². The first-order valence-electron chi connectivity index (χ1n) is 5.80. The van der Waals surface area contributed by atoms with Gasteiger partial charge < -0.3 is 15.8 Å². The number of carbonyl (C=O) groups is 2. The third kappa shape index (κ3) is 3.22. The van der Waals surface area contributed by atoms with E-state index in [1.165, 1.54) is 0 Å². The molecule has 3 N–H and O–H groups in total. The monoisotopic (exact) mass is 254 g/mol. The van der Waals surface area contributed by atoms with Crippen LogP contribution in [0.1, 0.15) is 31.3 Å². The van der Waals surface area contributed by atoms with E-state index in [0.29, 0.717) is 6.54 Å². The highest BCUT2D eigenvalue weighted by Gasteiger charge is 2.21. The van der Waals surface area contributed by atoms with Crippen molar-refractivity contribution in [2.45, 2.75) is 33.4 Å². The summed E-state index contributed by atoms with van der Waals surface area (Å²) in [6.45, 7) is 6.02. The maximum absolute atomic E-state index is 11.8. The molecule has 0 fully saturated rings. The van der Waals surface area contributed by atoms with E-state index in [9.17, 15) is 9.59 Å². The second kappa shape index (κ2) is 6.04.